The lowest BCUT2D eigenvalue weighted by atomic mass is 10.1. The van der Waals surface area contributed by atoms with Crippen LogP contribution >= 0.6 is 27.5 Å². The van der Waals surface area contributed by atoms with Gasteiger partial charge in [-0.2, -0.15) is 0 Å². The fraction of sp³-hybridized carbons (Fsp3) is 0.462. The van der Waals surface area contributed by atoms with Gasteiger partial charge in [-0.3, -0.25) is 4.79 Å². The van der Waals surface area contributed by atoms with Gasteiger partial charge in [0.1, 0.15) is 5.75 Å². The highest BCUT2D eigenvalue weighted by Gasteiger charge is 2.23. The molecule has 0 saturated heterocycles. The average Bonchev–Trinajstić information content (AvgIpc) is 2.28. The molecule has 0 saturated carbocycles. The maximum Gasteiger partial charge on any atom is 0.261 e. The molecule has 1 rings (SSSR count). The molecule has 1 aromatic carbocycles. The number of carbonyl (C=O) groups excluding carboxylic acids is 1. The molecule has 1 amide bonds. The second-order valence-corrected chi connectivity index (χ2v) is 5.72. The molecule has 0 aliphatic rings. The fourth-order valence-electron chi connectivity index (χ4n) is 1.27. The van der Waals surface area contributed by atoms with Gasteiger partial charge in [0, 0.05) is 15.9 Å². The number of hydrogen-bond acceptors (Lipinski definition) is 2. The van der Waals surface area contributed by atoms with Crippen molar-refractivity contribution in [3.8, 4) is 5.75 Å². The van der Waals surface area contributed by atoms with Gasteiger partial charge < -0.3 is 10.1 Å². The number of rotatable bonds is 5. The van der Waals surface area contributed by atoms with Crippen molar-refractivity contribution in [2.75, 3.05) is 5.33 Å². The van der Waals surface area contributed by atoms with Crippen molar-refractivity contribution in [3.05, 3.63) is 29.3 Å². The van der Waals surface area contributed by atoms with E-state index >= 15 is 0 Å². The van der Waals surface area contributed by atoms with Crippen molar-refractivity contribution in [1.82, 2.24) is 5.32 Å². The number of halogens is 2. The summed E-state index contributed by atoms with van der Waals surface area (Å²) in [4.78, 5) is 11.9. The average molecular weight is 335 g/mol. The third kappa shape index (κ3) is 4.86. The molecule has 0 aliphatic carbocycles. The van der Waals surface area contributed by atoms with Gasteiger partial charge in [-0.25, -0.2) is 0 Å². The van der Waals surface area contributed by atoms with Gasteiger partial charge >= 0.3 is 0 Å². The summed E-state index contributed by atoms with van der Waals surface area (Å²) >= 11 is 9.20. The lowest BCUT2D eigenvalue weighted by Crippen LogP contribution is -2.49. The number of ether oxygens (including phenoxy) is 1. The minimum Gasteiger partial charge on any atom is -0.481 e. The maximum atomic E-state index is 11.9. The van der Waals surface area contributed by atoms with Crippen LogP contribution in [0.5, 0.6) is 5.75 Å². The number of benzene rings is 1. The maximum absolute atomic E-state index is 11.9. The molecule has 1 unspecified atom stereocenters. The van der Waals surface area contributed by atoms with E-state index in [2.05, 4.69) is 21.2 Å². The van der Waals surface area contributed by atoms with Crippen molar-refractivity contribution < 1.29 is 9.53 Å². The standard InChI is InChI=1S/C13H17BrClNO2/c1-9(12(17)16-13(2,3)8-14)18-11-6-4-5-10(15)7-11/h4-7,9H,8H2,1-3H3,(H,16,17). The predicted molar refractivity (Wildman–Crippen MR) is 77.6 cm³/mol. The molecule has 100 valence electrons. The minimum atomic E-state index is -0.568. The smallest absolute Gasteiger partial charge is 0.261 e. The van der Waals surface area contributed by atoms with Crippen LogP contribution in [-0.2, 0) is 4.79 Å². The summed E-state index contributed by atoms with van der Waals surface area (Å²) in [6, 6.07) is 6.99. The summed E-state index contributed by atoms with van der Waals surface area (Å²) in [6.45, 7) is 5.58. The quantitative estimate of drug-likeness (QED) is 0.838. The molecule has 0 aromatic heterocycles. The Balaban J connectivity index is 2.60. The van der Waals surface area contributed by atoms with Gasteiger partial charge in [-0.05, 0) is 39.0 Å². The van der Waals surface area contributed by atoms with Crippen molar-refractivity contribution >= 4 is 33.4 Å². The second-order valence-electron chi connectivity index (χ2n) is 4.72. The van der Waals surface area contributed by atoms with Crippen LogP contribution in [-0.4, -0.2) is 22.9 Å². The SMILES string of the molecule is CC(Oc1cccc(Cl)c1)C(=O)NC(C)(C)CBr. The topological polar surface area (TPSA) is 38.3 Å². The predicted octanol–water partition coefficient (Wildman–Crippen LogP) is 3.40. The van der Waals surface area contributed by atoms with Crippen LogP contribution < -0.4 is 10.1 Å². The van der Waals surface area contributed by atoms with E-state index in [1.165, 1.54) is 0 Å². The lowest BCUT2D eigenvalue weighted by Gasteiger charge is -2.25. The molecule has 1 N–H and O–H groups in total. The number of amides is 1. The summed E-state index contributed by atoms with van der Waals surface area (Å²) < 4.78 is 5.54. The van der Waals surface area contributed by atoms with E-state index in [9.17, 15) is 4.79 Å². The van der Waals surface area contributed by atoms with Gasteiger partial charge in [0.25, 0.3) is 5.91 Å². The summed E-state index contributed by atoms with van der Waals surface area (Å²) in [5, 5.41) is 4.16. The summed E-state index contributed by atoms with van der Waals surface area (Å²) in [7, 11) is 0. The van der Waals surface area contributed by atoms with E-state index in [-0.39, 0.29) is 11.4 Å². The van der Waals surface area contributed by atoms with Gasteiger partial charge in [0.15, 0.2) is 6.10 Å². The third-order valence-corrected chi connectivity index (χ3v) is 3.91. The molecule has 0 bridgehead atoms. The van der Waals surface area contributed by atoms with Gasteiger partial charge in [0.05, 0.1) is 0 Å². The second kappa shape index (κ2) is 6.43. The molecule has 1 aromatic rings. The number of hydrogen-bond donors (Lipinski definition) is 1. The van der Waals surface area contributed by atoms with E-state index in [4.69, 9.17) is 16.3 Å². The zero-order valence-electron chi connectivity index (χ0n) is 10.7. The van der Waals surface area contributed by atoms with Gasteiger partial charge in [0.2, 0.25) is 0 Å². The fourth-order valence-corrected chi connectivity index (χ4v) is 1.59. The van der Waals surface area contributed by atoms with Crippen molar-refractivity contribution in [1.29, 1.82) is 0 Å². The molecular weight excluding hydrogens is 318 g/mol. The Morgan fingerprint density at radius 1 is 1.56 bits per heavy atom. The Bertz CT molecular complexity index is 423. The summed E-state index contributed by atoms with van der Waals surface area (Å²) in [5.74, 6) is 0.432. The molecule has 0 radical (unpaired) electrons. The van der Waals surface area contributed by atoms with Crippen molar-refractivity contribution in [3.63, 3.8) is 0 Å². The normalized spacial score (nSPS) is 12.9. The largest absolute Gasteiger partial charge is 0.481 e. The highest BCUT2D eigenvalue weighted by atomic mass is 79.9. The molecule has 18 heavy (non-hydrogen) atoms. The first-order valence-corrected chi connectivity index (χ1v) is 7.14. The van der Waals surface area contributed by atoms with Crippen LogP contribution in [0.2, 0.25) is 5.02 Å². The molecule has 3 nitrogen and oxygen atoms in total. The Hall–Kier alpha value is -0.740. The Labute approximate surface area is 121 Å². The van der Waals surface area contributed by atoms with Crippen LogP contribution in [0, 0.1) is 0 Å². The highest BCUT2D eigenvalue weighted by molar-refractivity contribution is 9.09. The molecule has 0 aliphatic heterocycles. The van der Waals surface area contributed by atoms with Crippen LogP contribution in [0.4, 0.5) is 0 Å². The Kier molecular flexibility index (Phi) is 5.47. The molecule has 0 spiro atoms. The first-order valence-electron chi connectivity index (χ1n) is 5.64. The zero-order valence-corrected chi connectivity index (χ0v) is 13.0. The van der Waals surface area contributed by atoms with E-state index in [1.807, 2.05) is 13.8 Å². The van der Waals surface area contributed by atoms with Crippen LogP contribution in [0.3, 0.4) is 0 Å². The van der Waals surface area contributed by atoms with E-state index in [0.717, 1.165) is 0 Å². The number of alkyl halides is 1. The molecule has 0 fully saturated rings. The molecule has 0 heterocycles. The number of carbonyl (C=O) groups is 1. The van der Waals surface area contributed by atoms with E-state index in [0.29, 0.717) is 16.1 Å². The molecule has 5 heteroatoms. The van der Waals surface area contributed by atoms with E-state index in [1.54, 1.807) is 31.2 Å². The third-order valence-electron chi connectivity index (χ3n) is 2.27. The van der Waals surface area contributed by atoms with Crippen LogP contribution in [0.25, 0.3) is 0 Å². The van der Waals surface area contributed by atoms with Crippen molar-refractivity contribution in [2.45, 2.75) is 32.4 Å². The molecule has 1 atom stereocenters. The Morgan fingerprint density at radius 3 is 2.78 bits per heavy atom. The zero-order chi connectivity index (χ0) is 13.8. The highest BCUT2D eigenvalue weighted by Crippen LogP contribution is 2.18. The first kappa shape index (κ1) is 15.3. The summed E-state index contributed by atoms with van der Waals surface area (Å²) in [5.41, 5.74) is -0.303. The van der Waals surface area contributed by atoms with Gasteiger partial charge in [-0.15, -0.1) is 0 Å². The van der Waals surface area contributed by atoms with Crippen molar-refractivity contribution in [2.24, 2.45) is 0 Å². The lowest BCUT2D eigenvalue weighted by molar-refractivity contribution is -0.128. The minimum absolute atomic E-state index is 0.153. The number of nitrogens with one attached hydrogen (secondary N) is 1. The molecular formula is C13H17BrClNO2. The van der Waals surface area contributed by atoms with E-state index < -0.39 is 6.10 Å². The Morgan fingerprint density at radius 2 is 2.22 bits per heavy atom. The van der Waals surface area contributed by atoms with Crippen LogP contribution in [0.1, 0.15) is 20.8 Å². The summed E-state index contributed by atoms with van der Waals surface area (Å²) in [6.07, 6.45) is -0.568. The van der Waals surface area contributed by atoms with Crippen LogP contribution in [0.15, 0.2) is 24.3 Å². The monoisotopic (exact) mass is 333 g/mol. The first-order chi connectivity index (χ1) is 8.34. The van der Waals surface area contributed by atoms with Gasteiger partial charge in [-0.1, -0.05) is 33.6 Å².